The fourth-order valence-electron chi connectivity index (χ4n) is 3.13. The van der Waals surface area contributed by atoms with E-state index in [9.17, 15) is 0 Å². The molecular weight excluding hydrogens is 326 g/mol. The van der Waals surface area contributed by atoms with Gasteiger partial charge in [0.25, 0.3) is 0 Å². The smallest absolute Gasteiger partial charge is 0.191 e. The number of rotatable bonds is 6. The van der Waals surface area contributed by atoms with Gasteiger partial charge in [-0.15, -0.1) is 0 Å². The Labute approximate surface area is 155 Å². The summed E-state index contributed by atoms with van der Waals surface area (Å²) in [5.74, 6) is 1.60. The molecule has 2 N–H and O–H groups in total. The van der Waals surface area contributed by atoms with E-state index in [0.717, 1.165) is 31.2 Å². The molecule has 6 nitrogen and oxygen atoms in total. The summed E-state index contributed by atoms with van der Waals surface area (Å²) in [5.41, 5.74) is 1.28. The largest absolute Gasteiger partial charge is 0.490 e. The number of guanidine groups is 1. The Bertz CT molecular complexity index is 677. The van der Waals surface area contributed by atoms with Gasteiger partial charge >= 0.3 is 0 Å². The second-order valence-electron chi connectivity index (χ2n) is 6.30. The third-order valence-electron chi connectivity index (χ3n) is 4.40. The highest BCUT2D eigenvalue weighted by molar-refractivity contribution is 5.80. The van der Waals surface area contributed by atoms with Crippen molar-refractivity contribution < 1.29 is 4.74 Å². The van der Waals surface area contributed by atoms with Crippen molar-refractivity contribution in [3.8, 4) is 5.75 Å². The molecule has 0 amide bonds. The molecule has 0 aliphatic carbocycles. The maximum Gasteiger partial charge on any atom is 0.191 e. The van der Waals surface area contributed by atoms with Crippen molar-refractivity contribution in [2.24, 2.45) is 4.99 Å². The second-order valence-corrected chi connectivity index (χ2v) is 6.30. The zero-order valence-corrected chi connectivity index (χ0v) is 15.3. The third kappa shape index (κ3) is 5.37. The molecule has 1 aromatic heterocycles. The number of piperidine rings is 1. The number of hydrogen-bond acceptors (Lipinski definition) is 4. The van der Waals surface area contributed by atoms with Crippen LogP contribution in [0.15, 0.2) is 59.9 Å². The normalized spacial score (nSPS) is 17.7. The highest BCUT2D eigenvalue weighted by Gasteiger charge is 2.20. The minimum atomic E-state index is 0.384. The molecule has 1 unspecified atom stereocenters. The summed E-state index contributed by atoms with van der Waals surface area (Å²) in [5, 5.41) is 6.85. The van der Waals surface area contributed by atoms with E-state index in [0.29, 0.717) is 19.2 Å². The van der Waals surface area contributed by atoms with E-state index < -0.39 is 0 Å². The van der Waals surface area contributed by atoms with Crippen LogP contribution in [0, 0.1) is 0 Å². The number of para-hydroxylation sites is 1. The van der Waals surface area contributed by atoms with Gasteiger partial charge in [-0.25, -0.2) is 0 Å². The summed E-state index contributed by atoms with van der Waals surface area (Å²) < 4.78 is 5.65. The fourth-order valence-corrected chi connectivity index (χ4v) is 3.13. The Hall–Kier alpha value is -2.76. The lowest BCUT2D eigenvalue weighted by Crippen LogP contribution is -2.51. The molecule has 1 fully saturated rings. The van der Waals surface area contributed by atoms with Gasteiger partial charge in [0.2, 0.25) is 0 Å². The van der Waals surface area contributed by atoms with Crippen molar-refractivity contribution in [3.63, 3.8) is 0 Å². The van der Waals surface area contributed by atoms with E-state index >= 15 is 0 Å². The first-order valence-electron chi connectivity index (χ1n) is 9.15. The number of pyridine rings is 1. The van der Waals surface area contributed by atoms with E-state index in [1.165, 1.54) is 12.1 Å². The molecule has 2 aromatic rings. The monoisotopic (exact) mass is 353 g/mol. The zero-order chi connectivity index (χ0) is 18.0. The van der Waals surface area contributed by atoms with Gasteiger partial charge in [0.1, 0.15) is 12.4 Å². The minimum absolute atomic E-state index is 0.384. The second kappa shape index (κ2) is 9.65. The molecule has 138 valence electrons. The number of benzene rings is 1. The first kappa shape index (κ1) is 18.0. The number of aliphatic imine (C=N–C) groups is 1. The van der Waals surface area contributed by atoms with Crippen LogP contribution >= 0.6 is 0 Å². The van der Waals surface area contributed by atoms with Crippen LogP contribution in [-0.2, 0) is 0 Å². The van der Waals surface area contributed by atoms with Gasteiger partial charge in [0, 0.05) is 38.1 Å². The van der Waals surface area contributed by atoms with E-state index in [-0.39, 0.29) is 0 Å². The van der Waals surface area contributed by atoms with Crippen molar-refractivity contribution in [2.45, 2.75) is 18.9 Å². The van der Waals surface area contributed by atoms with Gasteiger partial charge in [-0.3, -0.25) is 9.98 Å². The summed E-state index contributed by atoms with van der Waals surface area (Å²) in [6.45, 7) is 3.33. The van der Waals surface area contributed by atoms with Crippen LogP contribution in [0.5, 0.6) is 5.75 Å². The van der Waals surface area contributed by atoms with E-state index in [1.54, 1.807) is 19.4 Å². The van der Waals surface area contributed by atoms with Crippen LogP contribution in [-0.4, -0.2) is 50.3 Å². The molecule has 0 radical (unpaired) electrons. The summed E-state index contributed by atoms with van der Waals surface area (Å²) in [4.78, 5) is 10.8. The molecule has 0 spiro atoms. The molecule has 6 heteroatoms. The highest BCUT2D eigenvalue weighted by atomic mass is 16.5. The maximum absolute atomic E-state index is 5.65. The number of nitrogens with one attached hydrogen (secondary N) is 2. The van der Waals surface area contributed by atoms with Gasteiger partial charge in [-0.2, -0.15) is 0 Å². The molecule has 0 bridgehead atoms. The van der Waals surface area contributed by atoms with Crippen molar-refractivity contribution in [1.29, 1.82) is 0 Å². The van der Waals surface area contributed by atoms with Crippen LogP contribution < -0.4 is 20.3 Å². The standard InChI is InChI=1S/C20H27N5O/c1-21-20(23-12-14-26-19-10-5-11-22-15-19)24-17-7-6-13-25(16-17)18-8-3-2-4-9-18/h2-5,8-11,15,17H,6-7,12-14,16H2,1H3,(H2,21,23,24). The number of anilines is 1. The molecule has 1 aliphatic rings. The SMILES string of the molecule is CN=C(NCCOc1cccnc1)NC1CCCN(c2ccccc2)C1. The topological polar surface area (TPSA) is 61.8 Å². The molecule has 0 saturated carbocycles. The Morgan fingerprint density at radius 3 is 2.92 bits per heavy atom. The summed E-state index contributed by atoms with van der Waals surface area (Å²) in [7, 11) is 1.80. The number of hydrogen-bond donors (Lipinski definition) is 2. The van der Waals surface area contributed by atoms with Crippen LogP contribution in [0.25, 0.3) is 0 Å². The average molecular weight is 353 g/mol. The van der Waals surface area contributed by atoms with E-state index in [1.807, 2.05) is 12.1 Å². The van der Waals surface area contributed by atoms with Crippen molar-refractivity contribution in [3.05, 3.63) is 54.9 Å². The predicted octanol–water partition coefficient (Wildman–Crippen LogP) is 2.29. The molecule has 1 aromatic carbocycles. The Morgan fingerprint density at radius 1 is 1.27 bits per heavy atom. The number of ether oxygens (including phenoxy) is 1. The minimum Gasteiger partial charge on any atom is -0.490 e. The maximum atomic E-state index is 5.65. The van der Waals surface area contributed by atoms with Gasteiger partial charge in [-0.1, -0.05) is 18.2 Å². The van der Waals surface area contributed by atoms with Crippen molar-refractivity contribution in [1.82, 2.24) is 15.6 Å². The summed E-state index contributed by atoms with van der Waals surface area (Å²) >= 11 is 0. The molecule has 26 heavy (non-hydrogen) atoms. The van der Waals surface area contributed by atoms with Gasteiger partial charge in [0.05, 0.1) is 12.7 Å². The Morgan fingerprint density at radius 2 is 2.15 bits per heavy atom. The van der Waals surface area contributed by atoms with Crippen molar-refractivity contribution in [2.75, 3.05) is 38.2 Å². The molecule has 1 aliphatic heterocycles. The van der Waals surface area contributed by atoms with Gasteiger partial charge in [-0.05, 0) is 37.1 Å². The average Bonchev–Trinajstić information content (AvgIpc) is 2.72. The first-order valence-corrected chi connectivity index (χ1v) is 9.15. The zero-order valence-electron chi connectivity index (χ0n) is 15.3. The van der Waals surface area contributed by atoms with Gasteiger partial charge < -0.3 is 20.3 Å². The quantitative estimate of drug-likeness (QED) is 0.474. The highest BCUT2D eigenvalue weighted by Crippen LogP contribution is 2.19. The van der Waals surface area contributed by atoms with Crippen molar-refractivity contribution >= 4 is 11.6 Å². The van der Waals surface area contributed by atoms with Crippen LogP contribution in [0.2, 0.25) is 0 Å². The lowest BCUT2D eigenvalue weighted by molar-refractivity contribution is 0.320. The Kier molecular flexibility index (Phi) is 6.70. The van der Waals surface area contributed by atoms with Crippen LogP contribution in [0.4, 0.5) is 5.69 Å². The molecule has 1 saturated heterocycles. The van der Waals surface area contributed by atoms with Crippen LogP contribution in [0.3, 0.4) is 0 Å². The number of nitrogens with zero attached hydrogens (tertiary/aromatic N) is 3. The lowest BCUT2D eigenvalue weighted by atomic mass is 10.1. The molecule has 2 heterocycles. The van der Waals surface area contributed by atoms with E-state index in [2.05, 4.69) is 55.8 Å². The van der Waals surface area contributed by atoms with Crippen LogP contribution in [0.1, 0.15) is 12.8 Å². The van der Waals surface area contributed by atoms with Gasteiger partial charge in [0.15, 0.2) is 5.96 Å². The fraction of sp³-hybridized carbons (Fsp3) is 0.400. The van der Waals surface area contributed by atoms with E-state index in [4.69, 9.17) is 4.74 Å². The predicted molar refractivity (Wildman–Crippen MR) is 106 cm³/mol. The third-order valence-corrected chi connectivity index (χ3v) is 4.40. The summed E-state index contributed by atoms with van der Waals surface area (Å²) in [6, 6.07) is 14.7. The molecule has 3 rings (SSSR count). The Balaban J connectivity index is 1.42. The number of aromatic nitrogens is 1. The first-order chi connectivity index (χ1) is 12.8. The lowest BCUT2D eigenvalue weighted by Gasteiger charge is -2.35. The molecule has 1 atom stereocenters. The molecular formula is C20H27N5O. The summed E-state index contributed by atoms with van der Waals surface area (Å²) in [6.07, 6.45) is 5.77.